The molecule has 0 amide bonds. The summed E-state index contributed by atoms with van der Waals surface area (Å²) in [5.74, 6) is 3.89. The predicted octanol–water partition coefficient (Wildman–Crippen LogP) is 4.31. The molecule has 2 aliphatic carbocycles. The van der Waals surface area contributed by atoms with Crippen LogP contribution < -0.4 is 10.1 Å². The Balaban J connectivity index is 1.65. The third kappa shape index (κ3) is 3.37. The zero-order valence-corrected chi connectivity index (χ0v) is 13.8. The Morgan fingerprint density at radius 2 is 2.19 bits per heavy atom. The molecule has 0 saturated heterocycles. The molecule has 2 nitrogen and oxygen atoms in total. The number of methoxy groups -OCH3 is 1. The number of halogens is 1. The van der Waals surface area contributed by atoms with Gasteiger partial charge in [-0.15, -0.1) is 0 Å². The highest BCUT2D eigenvalue weighted by Gasteiger charge is 2.39. The number of ether oxygens (including phenoxy) is 1. The first-order valence-electron chi connectivity index (χ1n) is 8.19. The van der Waals surface area contributed by atoms with Gasteiger partial charge in [0.1, 0.15) is 5.75 Å². The van der Waals surface area contributed by atoms with Crippen molar-refractivity contribution >= 4 is 11.6 Å². The van der Waals surface area contributed by atoms with E-state index in [0.29, 0.717) is 6.04 Å². The van der Waals surface area contributed by atoms with Crippen LogP contribution in [0.1, 0.15) is 37.7 Å². The van der Waals surface area contributed by atoms with Crippen LogP contribution in [0.15, 0.2) is 18.2 Å². The SMILES string of the molecule is CNC(Cc1cc(Cl)ccc1OC)CC1CC2CCC1C2. The molecule has 3 rings (SSSR count). The van der Waals surface area contributed by atoms with Gasteiger partial charge in [0.05, 0.1) is 7.11 Å². The average Bonchev–Trinajstić information content (AvgIpc) is 3.09. The van der Waals surface area contributed by atoms with E-state index in [0.717, 1.165) is 34.9 Å². The summed E-state index contributed by atoms with van der Waals surface area (Å²) in [4.78, 5) is 0. The van der Waals surface area contributed by atoms with Gasteiger partial charge in [-0.05, 0) is 80.7 Å². The number of fused-ring (bicyclic) bond motifs is 2. The van der Waals surface area contributed by atoms with Gasteiger partial charge in [0.25, 0.3) is 0 Å². The van der Waals surface area contributed by atoms with Gasteiger partial charge < -0.3 is 10.1 Å². The number of hydrogen-bond donors (Lipinski definition) is 1. The van der Waals surface area contributed by atoms with Crippen LogP contribution in [0.3, 0.4) is 0 Å². The molecule has 2 saturated carbocycles. The van der Waals surface area contributed by atoms with Crippen LogP contribution in [-0.2, 0) is 6.42 Å². The van der Waals surface area contributed by atoms with E-state index in [-0.39, 0.29) is 0 Å². The van der Waals surface area contributed by atoms with Gasteiger partial charge in [0.15, 0.2) is 0 Å². The zero-order valence-electron chi connectivity index (χ0n) is 13.1. The maximum absolute atomic E-state index is 6.15. The van der Waals surface area contributed by atoms with E-state index in [4.69, 9.17) is 16.3 Å². The molecule has 0 heterocycles. The van der Waals surface area contributed by atoms with E-state index in [1.165, 1.54) is 37.7 Å². The summed E-state index contributed by atoms with van der Waals surface area (Å²) in [5.41, 5.74) is 1.22. The lowest BCUT2D eigenvalue weighted by molar-refractivity contribution is 0.280. The predicted molar refractivity (Wildman–Crippen MR) is 88.1 cm³/mol. The minimum atomic E-state index is 0.515. The van der Waals surface area contributed by atoms with Gasteiger partial charge in [-0.2, -0.15) is 0 Å². The summed E-state index contributed by atoms with van der Waals surface area (Å²) in [6.45, 7) is 0. The molecule has 1 aromatic rings. The molecular formula is C18H26ClNO. The molecule has 2 bridgehead atoms. The van der Waals surface area contributed by atoms with Gasteiger partial charge in [0, 0.05) is 11.1 Å². The Hall–Kier alpha value is -0.730. The van der Waals surface area contributed by atoms with Crippen LogP contribution in [0.4, 0.5) is 0 Å². The largest absolute Gasteiger partial charge is 0.496 e. The minimum absolute atomic E-state index is 0.515. The molecule has 1 N–H and O–H groups in total. The second kappa shape index (κ2) is 6.58. The van der Waals surface area contributed by atoms with Crippen molar-refractivity contribution in [3.05, 3.63) is 28.8 Å². The van der Waals surface area contributed by atoms with Gasteiger partial charge in [0.2, 0.25) is 0 Å². The second-order valence-electron chi connectivity index (χ2n) is 6.82. The van der Waals surface area contributed by atoms with Crippen molar-refractivity contribution in [2.45, 2.75) is 44.6 Å². The lowest BCUT2D eigenvalue weighted by Crippen LogP contribution is -2.31. The van der Waals surface area contributed by atoms with Gasteiger partial charge in [-0.25, -0.2) is 0 Å². The first-order valence-corrected chi connectivity index (χ1v) is 8.57. The molecule has 1 aromatic carbocycles. The first kappa shape index (κ1) is 15.2. The first-order chi connectivity index (χ1) is 10.2. The number of hydrogen-bond acceptors (Lipinski definition) is 2. The number of likely N-dealkylation sites (N-methyl/N-ethyl adjacent to an activating group) is 1. The average molecular weight is 308 g/mol. The van der Waals surface area contributed by atoms with E-state index < -0.39 is 0 Å². The number of nitrogens with one attached hydrogen (secondary N) is 1. The van der Waals surface area contributed by atoms with E-state index in [9.17, 15) is 0 Å². The molecule has 4 unspecified atom stereocenters. The summed E-state index contributed by atoms with van der Waals surface area (Å²) in [6.07, 6.45) is 8.17. The smallest absolute Gasteiger partial charge is 0.122 e. The van der Waals surface area contributed by atoms with Crippen LogP contribution in [0.5, 0.6) is 5.75 Å². The van der Waals surface area contributed by atoms with Crippen LogP contribution in [-0.4, -0.2) is 20.2 Å². The molecule has 2 fully saturated rings. The summed E-state index contributed by atoms with van der Waals surface area (Å²) in [5, 5.41) is 4.30. The molecule has 3 heteroatoms. The van der Waals surface area contributed by atoms with Crippen molar-refractivity contribution in [1.82, 2.24) is 5.32 Å². The van der Waals surface area contributed by atoms with Crippen LogP contribution in [0.25, 0.3) is 0 Å². The summed E-state index contributed by atoms with van der Waals surface area (Å²) in [6, 6.07) is 6.43. The van der Waals surface area contributed by atoms with Gasteiger partial charge in [-0.3, -0.25) is 0 Å². The molecule has 21 heavy (non-hydrogen) atoms. The van der Waals surface area contributed by atoms with Crippen LogP contribution >= 0.6 is 11.6 Å². The molecule has 0 radical (unpaired) electrons. The van der Waals surface area contributed by atoms with E-state index >= 15 is 0 Å². The number of benzene rings is 1. The van der Waals surface area contributed by atoms with Crippen molar-refractivity contribution in [3.8, 4) is 5.75 Å². The summed E-state index contributed by atoms with van der Waals surface area (Å²) in [7, 11) is 3.81. The second-order valence-corrected chi connectivity index (χ2v) is 7.25. The fraction of sp³-hybridized carbons (Fsp3) is 0.667. The van der Waals surface area contributed by atoms with Crippen molar-refractivity contribution in [3.63, 3.8) is 0 Å². The van der Waals surface area contributed by atoms with E-state index in [2.05, 4.69) is 12.4 Å². The van der Waals surface area contributed by atoms with Gasteiger partial charge in [-0.1, -0.05) is 18.0 Å². The molecule has 2 aliphatic rings. The van der Waals surface area contributed by atoms with Crippen molar-refractivity contribution in [1.29, 1.82) is 0 Å². The monoisotopic (exact) mass is 307 g/mol. The van der Waals surface area contributed by atoms with E-state index in [1.54, 1.807) is 7.11 Å². The Bertz CT molecular complexity index is 490. The molecule has 116 valence electrons. The standard InChI is InChI=1S/C18H26ClNO/c1-20-17(10-14-8-12-3-4-13(14)7-12)11-15-9-16(19)5-6-18(15)21-2/h5-6,9,12-14,17,20H,3-4,7-8,10-11H2,1-2H3. The third-order valence-corrected chi connectivity index (χ3v) is 5.82. The summed E-state index contributed by atoms with van der Waals surface area (Å²) < 4.78 is 5.48. The molecule has 0 aromatic heterocycles. The minimum Gasteiger partial charge on any atom is -0.496 e. The highest BCUT2D eigenvalue weighted by molar-refractivity contribution is 6.30. The Labute approximate surface area is 133 Å². The van der Waals surface area contributed by atoms with Crippen LogP contribution in [0.2, 0.25) is 5.02 Å². The Morgan fingerprint density at radius 1 is 1.33 bits per heavy atom. The topological polar surface area (TPSA) is 21.3 Å². The molecule has 4 atom stereocenters. The lowest BCUT2D eigenvalue weighted by atomic mass is 9.83. The van der Waals surface area contributed by atoms with E-state index in [1.807, 2.05) is 18.2 Å². The zero-order chi connectivity index (χ0) is 14.8. The highest BCUT2D eigenvalue weighted by Crippen LogP contribution is 2.50. The normalized spacial score (nSPS) is 28.8. The Morgan fingerprint density at radius 3 is 2.81 bits per heavy atom. The van der Waals surface area contributed by atoms with Gasteiger partial charge >= 0.3 is 0 Å². The lowest BCUT2D eigenvalue weighted by Gasteiger charge is -2.27. The van der Waals surface area contributed by atoms with Crippen LogP contribution in [0, 0.1) is 17.8 Å². The molecule has 0 spiro atoms. The fourth-order valence-corrected chi connectivity index (χ4v) is 4.70. The fourth-order valence-electron chi connectivity index (χ4n) is 4.51. The van der Waals surface area contributed by atoms with Crippen molar-refractivity contribution < 1.29 is 4.74 Å². The maximum atomic E-state index is 6.15. The summed E-state index contributed by atoms with van der Waals surface area (Å²) >= 11 is 6.15. The quantitative estimate of drug-likeness (QED) is 0.846. The van der Waals surface area contributed by atoms with Crippen molar-refractivity contribution in [2.75, 3.05) is 14.2 Å². The Kier molecular flexibility index (Phi) is 4.75. The molecular weight excluding hydrogens is 282 g/mol. The molecule has 0 aliphatic heterocycles. The third-order valence-electron chi connectivity index (χ3n) is 5.59. The number of rotatable bonds is 6. The van der Waals surface area contributed by atoms with Crippen molar-refractivity contribution in [2.24, 2.45) is 17.8 Å². The highest BCUT2D eigenvalue weighted by atomic mass is 35.5. The maximum Gasteiger partial charge on any atom is 0.122 e.